The third-order valence-corrected chi connectivity index (χ3v) is 4.58. The van der Waals surface area contributed by atoms with E-state index in [-0.39, 0.29) is 12.5 Å². The molecule has 0 bridgehead atoms. The quantitative estimate of drug-likeness (QED) is 0.537. The highest BCUT2D eigenvalue weighted by Gasteiger charge is 2.14. The van der Waals surface area contributed by atoms with Crippen molar-refractivity contribution < 1.29 is 19.1 Å². The van der Waals surface area contributed by atoms with E-state index in [1.165, 1.54) is 0 Å². The third-order valence-electron chi connectivity index (χ3n) is 4.58. The summed E-state index contributed by atoms with van der Waals surface area (Å²) in [6.07, 6.45) is 0. The molecule has 3 aromatic carbocycles. The fourth-order valence-corrected chi connectivity index (χ4v) is 2.98. The first-order valence-corrected chi connectivity index (χ1v) is 10.1. The van der Waals surface area contributed by atoms with Crippen LogP contribution in [0.15, 0.2) is 78.9 Å². The van der Waals surface area contributed by atoms with Gasteiger partial charge in [-0.1, -0.05) is 74.5 Å². The second kappa shape index (κ2) is 10.8. The summed E-state index contributed by atoms with van der Waals surface area (Å²) in [6, 6.07) is 24.1. The molecule has 3 aromatic rings. The molecule has 0 saturated carbocycles. The van der Waals surface area contributed by atoms with Crippen molar-refractivity contribution in [3.05, 3.63) is 95.6 Å². The van der Waals surface area contributed by atoms with Gasteiger partial charge in [0.05, 0.1) is 5.56 Å². The van der Waals surface area contributed by atoms with Crippen molar-refractivity contribution >= 4 is 11.8 Å². The Morgan fingerprint density at radius 2 is 1.42 bits per heavy atom. The molecule has 0 aliphatic rings. The average molecular weight is 418 g/mol. The zero-order valence-corrected chi connectivity index (χ0v) is 17.6. The fraction of sp³-hybridized carbons (Fsp3) is 0.200. The molecular formula is C25H26N2O4. The summed E-state index contributed by atoms with van der Waals surface area (Å²) in [5.74, 6) is 0.416. The smallest absolute Gasteiger partial charge is 0.276 e. The number of hydrazine groups is 1. The van der Waals surface area contributed by atoms with E-state index in [9.17, 15) is 9.59 Å². The first-order chi connectivity index (χ1) is 15.0. The van der Waals surface area contributed by atoms with Gasteiger partial charge in [0.1, 0.15) is 18.1 Å². The minimum Gasteiger partial charge on any atom is -0.488 e. The van der Waals surface area contributed by atoms with Gasteiger partial charge in [-0.05, 0) is 35.2 Å². The lowest BCUT2D eigenvalue weighted by molar-refractivity contribution is -0.123. The number of hydrogen-bond donors (Lipinski definition) is 2. The SMILES string of the molecule is CC(C)c1ccccc1OCC(=O)NNC(=O)c1ccccc1OCc1ccccc1. The maximum absolute atomic E-state index is 12.6. The molecule has 0 spiro atoms. The summed E-state index contributed by atoms with van der Waals surface area (Å²) < 4.78 is 11.4. The molecule has 0 saturated heterocycles. The second-order valence-electron chi connectivity index (χ2n) is 7.25. The largest absolute Gasteiger partial charge is 0.488 e. The molecule has 0 unspecified atom stereocenters. The number of amides is 2. The number of para-hydroxylation sites is 2. The van der Waals surface area contributed by atoms with Crippen molar-refractivity contribution in [3.8, 4) is 11.5 Å². The number of benzene rings is 3. The highest BCUT2D eigenvalue weighted by atomic mass is 16.5. The highest BCUT2D eigenvalue weighted by Crippen LogP contribution is 2.25. The predicted octanol–water partition coefficient (Wildman–Crippen LogP) is 4.23. The van der Waals surface area contributed by atoms with Gasteiger partial charge < -0.3 is 9.47 Å². The van der Waals surface area contributed by atoms with Crippen LogP contribution in [-0.4, -0.2) is 18.4 Å². The Balaban J connectivity index is 1.53. The lowest BCUT2D eigenvalue weighted by Crippen LogP contribution is -2.44. The topological polar surface area (TPSA) is 76.7 Å². The van der Waals surface area contributed by atoms with E-state index in [4.69, 9.17) is 9.47 Å². The van der Waals surface area contributed by atoms with E-state index in [1.807, 2.05) is 54.6 Å². The Labute approximate surface area is 182 Å². The van der Waals surface area contributed by atoms with Gasteiger partial charge in [0.2, 0.25) is 0 Å². The summed E-state index contributed by atoms with van der Waals surface area (Å²) in [6.45, 7) is 4.23. The molecule has 0 aromatic heterocycles. The van der Waals surface area contributed by atoms with Gasteiger partial charge in [0.15, 0.2) is 6.61 Å². The van der Waals surface area contributed by atoms with E-state index >= 15 is 0 Å². The number of hydrogen-bond acceptors (Lipinski definition) is 4. The number of rotatable bonds is 8. The van der Waals surface area contributed by atoms with Crippen LogP contribution < -0.4 is 20.3 Å². The molecule has 2 amide bonds. The van der Waals surface area contributed by atoms with Gasteiger partial charge in [-0.2, -0.15) is 0 Å². The minimum atomic E-state index is -0.473. The number of carbonyl (C=O) groups excluding carboxylic acids is 2. The standard InChI is InChI=1S/C25H26N2O4/c1-18(2)20-12-6-8-14-22(20)31-17-24(28)26-27-25(29)21-13-7-9-15-23(21)30-16-19-10-4-3-5-11-19/h3-15,18H,16-17H2,1-2H3,(H,26,28)(H,27,29). The maximum Gasteiger partial charge on any atom is 0.276 e. The van der Waals surface area contributed by atoms with Crippen LogP contribution >= 0.6 is 0 Å². The van der Waals surface area contributed by atoms with Crippen molar-refractivity contribution in [1.29, 1.82) is 0 Å². The Kier molecular flexibility index (Phi) is 7.65. The normalized spacial score (nSPS) is 10.4. The molecule has 0 heterocycles. The molecule has 0 atom stereocenters. The lowest BCUT2D eigenvalue weighted by Gasteiger charge is -2.14. The van der Waals surface area contributed by atoms with Gasteiger partial charge in [-0.3, -0.25) is 20.4 Å². The minimum absolute atomic E-state index is 0.212. The molecule has 0 radical (unpaired) electrons. The van der Waals surface area contributed by atoms with Crippen LogP contribution in [0.2, 0.25) is 0 Å². The van der Waals surface area contributed by atoms with Gasteiger partial charge >= 0.3 is 0 Å². The van der Waals surface area contributed by atoms with E-state index < -0.39 is 11.8 Å². The molecule has 31 heavy (non-hydrogen) atoms. The molecule has 0 aliphatic heterocycles. The van der Waals surface area contributed by atoms with Gasteiger partial charge in [-0.15, -0.1) is 0 Å². The summed E-state index contributed by atoms with van der Waals surface area (Å²) >= 11 is 0. The van der Waals surface area contributed by atoms with Gasteiger partial charge in [-0.25, -0.2) is 0 Å². The van der Waals surface area contributed by atoms with Crippen molar-refractivity contribution in [2.45, 2.75) is 26.4 Å². The monoisotopic (exact) mass is 418 g/mol. The Bertz CT molecular complexity index is 1020. The zero-order valence-electron chi connectivity index (χ0n) is 17.6. The number of nitrogens with one attached hydrogen (secondary N) is 2. The van der Waals surface area contributed by atoms with Crippen molar-refractivity contribution in [3.63, 3.8) is 0 Å². The zero-order chi connectivity index (χ0) is 22.1. The molecule has 0 aliphatic carbocycles. The van der Waals surface area contributed by atoms with Crippen molar-refractivity contribution in [2.24, 2.45) is 0 Å². The van der Waals surface area contributed by atoms with E-state index in [0.29, 0.717) is 23.7 Å². The number of carbonyl (C=O) groups is 2. The molecular weight excluding hydrogens is 392 g/mol. The van der Waals surface area contributed by atoms with Crippen LogP contribution in [0, 0.1) is 0 Å². The summed E-state index contributed by atoms with van der Waals surface area (Å²) in [5.41, 5.74) is 7.13. The molecule has 3 rings (SSSR count). The van der Waals surface area contributed by atoms with E-state index in [1.54, 1.807) is 24.3 Å². The first kappa shape index (κ1) is 21.9. The molecule has 0 fully saturated rings. The molecule has 6 heteroatoms. The Morgan fingerprint density at radius 1 is 0.774 bits per heavy atom. The Morgan fingerprint density at radius 3 is 2.16 bits per heavy atom. The summed E-state index contributed by atoms with van der Waals surface area (Å²) in [7, 11) is 0. The Hall–Kier alpha value is -3.80. The molecule has 160 valence electrons. The molecule has 2 N–H and O–H groups in total. The van der Waals surface area contributed by atoms with Crippen molar-refractivity contribution in [2.75, 3.05) is 6.61 Å². The lowest BCUT2D eigenvalue weighted by atomic mass is 10.0. The van der Waals surface area contributed by atoms with Crippen LogP contribution in [0.1, 0.15) is 41.3 Å². The second-order valence-corrected chi connectivity index (χ2v) is 7.25. The van der Waals surface area contributed by atoms with E-state index in [0.717, 1.165) is 11.1 Å². The number of ether oxygens (including phenoxy) is 2. The fourth-order valence-electron chi connectivity index (χ4n) is 2.98. The highest BCUT2D eigenvalue weighted by molar-refractivity contribution is 5.97. The van der Waals surface area contributed by atoms with Crippen LogP contribution in [0.4, 0.5) is 0 Å². The van der Waals surface area contributed by atoms with Crippen LogP contribution in [0.3, 0.4) is 0 Å². The van der Waals surface area contributed by atoms with Gasteiger partial charge in [0.25, 0.3) is 11.8 Å². The summed E-state index contributed by atoms with van der Waals surface area (Å²) in [4.78, 5) is 24.7. The first-order valence-electron chi connectivity index (χ1n) is 10.1. The van der Waals surface area contributed by atoms with Gasteiger partial charge in [0, 0.05) is 0 Å². The third kappa shape index (κ3) is 6.34. The van der Waals surface area contributed by atoms with Crippen molar-refractivity contribution in [1.82, 2.24) is 10.9 Å². The average Bonchev–Trinajstić information content (AvgIpc) is 2.80. The van der Waals surface area contributed by atoms with Crippen LogP contribution in [-0.2, 0) is 11.4 Å². The maximum atomic E-state index is 12.6. The van der Waals surface area contributed by atoms with Crippen LogP contribution in [0.25, 0.3) is 0 Å². The predicted molar refractivity (Wildman–Crippen MR) is 119 cm³/mol. The summed E-state index contributed by atoms with van der Waals surface area (Å²) in [5, 5.41) is 0. The molecule has 6 nitrogen and oxygen atoms in total. The van der Waals surface area contributed by atoms with Crippen LogP contribution in [0.5, 0.6) is 11.5 Å². The van der Waals surface area contributed by atoms with E-state index in [2.05, 4.69) is 24.7 Å².